The van der Waals surface area contributed by atoms with Gasteiger partial charge < -0.3 is 14.0 Å². The molecule has 6 heteroatoms. The topological polar surface area (TPSA) is 55.8 Å². The van der Waals surface area contributed by atoms with E-state index in [1.807, 2.05) is 26.2 Å². The van der Waals surface area contributed by atoms with Gasteiger partial charge in [-0.3, -0.25) is 0 Å². The van der Waals surface area contributed by atoms with Gasteiger partial charge >= 0.3 is 5.97 Å². The van der Waals surface area contributed by atoms with E-state index in [1.54, 1.807) is 0 Å². The van der Waals surface area contributed by atoms with E-state index in [1.165, 1.54) is 0 Å². The molecule has 1 atom stereocenters. The van der Waals surface area contributed by atoms with E-state index in [9.17, 15) is 4.79 Å². The molecule has 0 rings (SSSR count). The maximum Gasteiger partial charge on any atom is 0.348 e. The first-order valence-electron chi connectivity index (χ1n) is 3.89. The zero-order valence-electron chi connectivity index (χ0n) is 7.96. The SMILES string of the molecule is C[SiH2]OC(=O)C(O)O[Si](C)(C)C. The van der Waals surface area contributed by atoms with Crippen LogP contribution < -0.4 is 0 Å². The predicted octanol–water partition coefficient (Wildman–Crippen LogP) is -0.169. The van der Waals surface area contributed by atoms with Crippen molar-refractivity contribution in [2.45, 2.75) is 32.5 Å². The third-order valence-corrected chi connectivity index (χ3v) is 2.46. The van der Waals surface area contributed by atoms with Crippen molar-refractivity contribution >= 4 is 24.0 Å². The molecule has 0 aliphatic rings. The minimum Gasteiger partial charge on any atom is -0.522 e. The van der Waals surface area contributed by atoms with Crippen LogP contribution in [0.3, 0.4) is 0 Å². The molecule has 12 heavy (non-hydrogen) atoms. The number of rotatable bonds is 4. The van der Waals surface area contributed by atoms with Gasteiger partial charge in [-0.1, -0.05) is 0 Å². The molecule has 0 amide bonds. The van der Waals surface area contributed by atoms with Crippen molar-refractivity contribution in [1.82, 2.24) is 0 Å². The monoisotopic (exact) mass is 208 g/mol. The molecule has 0 aromatic rings. The minimum absolute atomic E-state index is 0.647. The van der Waals surface area contributed by atoms with Crippen LogP contribution in [0.25, 0.3) is 0 Å². The molecule has 0 aromatic carbocycles. The molecule has 0 saturated carbocycles. The molecule has 0 saturated heterocycles. The molecule has 0 radical (unpaired) electrons. The van der Waals surface area contributed by atoms with Gasteiger partial charge in [0.25, 0.3) is 0 Å². The summed E-state index contributed by atoms with van der Waals surface area (Å²) in [6.45, 7) is 7.51. The van der Waals surface area contributed by atoms with E-state index in [2.05, 4.69) is 0 Å². The number of carbonyl (C=O) groups excluding carboxylic acids is 1. The van der Waals surface area contributed by atoms with Crippen LogP contribution in [0, 0.1) is 0 Å². The summed E-state index contributed by atoms with van der Waals surface area (Å²) in [4.78, 5) is 10.9. The maximum atomic E-state index is 10.9. The largest absolute Gasteiger partial charge is 0.522 e. The van der Waals surface area contributed by atoms with Crippen molar-refractivity contribution in [3.63, 3.8) is 0 Å². The van der Waals surface area contributed by atoms with Gasteiger partial charge in [-0.15, -0.1) is 0 Å². The molecule has 0 spiro atoms. The van der Waals surface area contributed by atoms with Crippen molar-refractivity contribution < 1.29 is 18.8 Å². The lowest BCUT2D eigenvalue weighted by Gasteiger charge is -2.20. The summed E-state index contributed by atoms with van der Waals surface area (Å²) in [6.07, 6.45) is -1.39. The second-order valence-corrected chi connectivity index (χ2v) is 8.66. The predicted molar refractivity (Wildman–Crippen MR) is 50.9 cm³/mol. The summed E-state index contributed by atoms with van der Waals surface area (Å²) >= 11 is 0. The van der Waals surface area contributed by atoms with E-state index in [0.717, 1.165) is 0 Å². The number of hydrogen-bond acceptors (Lipinski definition) is 4. The van der Waals surface area contributed by atoms with Gasteiger partial charge in [-0.05, 0) is 26.2 Å². The molecule has 0 bridgehead atoms. The summed E-state index contributed by atoms with van der Waals surface area (Å²) in [5.41, 5.74) is 0. The van der Waals surface area contributed by atoms with E-state index in [0.29, 0.717) is 0 Å². The number of hydrogen-bond donors (Lipinski definition) is 1. The molecule has 4 nitrogen and oxygen atoms in total. The Kier molecular flexibility index (Phi) is 4.68. The lowest BCUT2D eigenvalue weighted by molar-refractivity contribution is -0.160. The number of aliphatic hydroxyl groups is 1. The van der Waals surface area contributed by atoms with Crippen molar-refractivity contribution in [2.24, 2.45) is 0 Å². The van der Waals surface area contributed by atoms with Gasteiger partial charge in [0.2, 0.25) is 16.1 Å². The first kappa shape index (κ1) is 11.8. The first-order chi connectivity index (χ1) is 5.37. The summed E-state index contributed by atoms with van der Waals surface area (Å²) in [7, 11) is -2.65. The Morgan fingerprint density at radius 2 is 2.00 bits per heavy atom. The minimum atomic E-state index is -1.85. The smallest absolute Gasteiger partial charge is 0.348 e. The number of carbonyl (C=O) groups is 1. The number of aliphatic hydroxyl groups excluding tert-OH is 1. The zero-order chi connectivity index (χ0) is 9.78. The van der Waals surface area contributed by atoms with Crippen LogP contribution in [-0.2, 0) is 13.6 Å². The molecular formula is C6H16O4Si2. The molecule has 0 aliphatic heterocycles. The highest BCUT2D eigenvalue weighted by molar-refractivity contribution is 6.69. The average molecular weight is 208 g/mol. The van der Waals surface area contributed by atoms with Crippen LogP contribution in [0.2, 0.25) is 26.2 Å². The summed E-state index contributed by atoms with van der Waals surface area (Å²) < 4.78 is 9.79. The van der Waals surface area contributed by atoms with Crippen LogP contribution in [0.15, 0.2) is 0 Å². The molecule has 0 fully saturated rings. The molecule has 72 valence electrons. The van der Waals surface area contributed by atoms with Crippen molar-refractivity contribution in [3.05, 3.63) is 0 Å². The Morgan fingerprint density at radius 3 is 2.33 bits per heavy atom. The average Bonchev–Trinajstić information content (AvgIpc) is 1.84. The molecule has 0 aromatic heterocycles. The quantitative estimate of drug-likeness (QED) is 0.515. The molecule has 1 N–H and O–H groups in total. The third-order valence-electron chi connectivity index (χ3n) is 0.953. The van der Waals surface area contributed by atoms with Gasteiger partial charge in [-0.2, -0.15) is 0 Å². The fourth-order valence-electron chi connectivity index (χ4n) is 0.597. The van der Waals surface area contributed by atoms with Crippen LogP contribution >= 0.6 is 0 Å². The molecule has 0 heterocycles. The molecule has 0 aliphatic carbocycles. The van der Waals surface area contributed by atoms with Gasteiger partial charge in [-0.25, -0.2) is 4.79 Å². The molecule has 1 unspecified atom stereocenters. The summed E-state index contributed by atoms with van der Waals surface area (Å²) in [5.74, 6) is -0.647. The van der Waals surface area contributed by atoms with E-state index < -0.39 is 30.3 Å². The van der Waals surface area contributed by atoms with Crippen LogP contribution in [0.5, 0.6) is 0 Å². The highest BCUT2D eigenvalue weighted by Crippen LogP contribution is 2.06. The Labute approximate surface area is 75.9 Å². The Morgan fingerprint density at radius 1 is 1.50 bits per heavy atom. The Bertz CT molecular complexity index is 154. The van der Waals surface area contributed by atoms with Crippen molar-refractivity contribution in [3.8, 4) is 0 Å². The standard InChI is InChI=1S/C6H16O4Si2/c1-11-9-5(7)6(8)10-12(2,3)4/h6,8H,11H2,1-4H3. The van der Waals surface area contributed by atoms with Crippen LogP contribution in [0.1, 0.15) is 0 Å². The van der Waals surface area contributed by atoms with Crippen LogP contribution in [0.4, 0.5) is 0 Å². The maximum absolute atomic E-state index is 10.9. The van der Waals surface area contributed by atoms with Gasteiger partial charge in [0, 0.05) is 0 Å². The third kappa shape index (κ3) is 5.47. The fourth-order valence-corrected chi connectivity index (χ4v) is 1.79. The Balaban J connectivity index is 3.87. The van der Waals surface area contributed by atoms with Crippen molar-refractivity contribution in [1.29, 1.82) is 0 Å². The van der Waals surface area contributed by atoms with Crippen LogP contribution in [-0.4, -0.2) is 35.4 Å². The van der Waals surface area contributed by atoms with Gasteiger partial charge in [0.1, 0.15) is 0 Å². The fraction of sp³-hybridized carbons (Fsp3) is 0.833. The normalized spacial score (nSPS) is 15.1. The zero-order valence-corrected chi connectivity index (χ0v) is 10.4. The summed E-state index contributed by atoms with van der Waals surface area (Å²) in [6, 6.07) is 0. The van der Waals surface area contributed by atoms with E-state index in [4.69, 9.17) is 14.0 Å². The lowest BCUT2D eigenvalue weighted by atomic mass is 10.7. The van der Waals surface area contributed by atoms with E-state index >= 15 is 0 Å². The molecular weight excluding hydrogens is 192 g/mol. The second kappa shape index (κ2) is 4.75. The van der Waals surface area contributed by atoms with Gasteiger partial charge in [0.15, 0.2) is 8.32 Å². The Hall–Kier alpha value is -0.176. The highest BCUT2D eigenvalue weighted by Gasteiger charge is 2.24. The van der Waals surface area contributed by atoms with E-state index in [-0.39, 0.29) is 0 Å². The lowest BCUT2D eigenvalue weighted by Crippen LogP contribution is -2.37. The van der Waals surface area contributed by atoms with Gasteiger partial charge in [0.05, 0.1) is 0 Å². The van der Waals surface area contributed by atoms with Crippen molar-refractivity contribution in [2.75, 3.05) is 0 Å². The summed E-state index contributed by atoms with van der Waals surface area (Å²) in [5, 5.41) is 9.14. The second-order valence-electron chi connectivity index (χ2n) is 3.33. The highest BCUT2D eigenvalue weighted by atomic mass is 28.4. The first-order valence-corrected chi connectivity index (χ1v) is 9.29.